The van der Waals surface area contributed by atoms with Gasteiger partial charge in [-0.1, -0.05) is 0 Å². The van der Waals surface area contributed by atoms with Gasteiger partial charge in [-0.25, -0.2) is 4.98 Å². The van der Waals surface area contributed by atoms with Crippen molar-refractivity contribution in [3.8, 4) is 0 Å². The second kappa shape index (κ2) is 4.11. The van der Waals surface area contributed by atoms with Crippen LogP contribution < -0.4 is 4.90 Å². The van der Waals surface area contributed by atoms with Crippen LogP contribution in [0, 0.1) is 16.0 Å². The molecule has 0 aliphatic carbocycles. The van der Waals surface area contributed by atoms with Gasteiger partial charge in [0.15, 0.2) is 5.13 Å². The summed E-state index contributed by atoms with van der Waals surface area (Å²) in [6, 6.07) is 0. The molecule has 15 heavy (non-hydrogen) atoms. The molecule has 2 rings (SSSR count). The molecule has 0 amide bonds. The SMILES string of the molecule is O=[N+]([O-])c1cnc(N2CCC(CO)C2)s1. The number of hydrogen-bond donors (Lipinski definition) is 1. The van der Waals surface area contributed by atoms with Crippen molar-refractivity contribution >= 4 is 21.5 Å². The molecule has 0 saturated carbocycles. The number of hydrogen-bond acceptors (Lipinski definition) is 6. The first-order valence-corrected chi connectivity index (χ1v) is 5.48. The number of anilines is 1. The number of nitrogens with zero attached hydrogens (tertiary/aromatic N) is 3. The molecule has 1 saturated heterocycles. The molecule has 1 aliphatic heterocycles. The molecule has 7 heteroatoms. The molecular formula is C8H11N3O3S. The van der Waals surface area contributed by atoms with Crippen LogP contribution >= 0.6 is 11.3 Å². The Morgan fingerprint density at radius 2 is 2.60 bits per heavy atom. The minimum atomic E-state index is -0.430. The first-order chi connectivity index (χ1) is 7.20. The van der Waals surface area contributed by atoms with Gasteiger partial charge < -0.3 is 10.0 Å². The van der Waals surface area contributed by atoms with Crippen LogP contribution in [0.3, 0.4) is 0 Å². The van der Waals surface area contributed by atoms with Gasteiger partial charge in [0.2, 0.25) is 0 Å². The Morgan fingerprint density at radius 3 is 3.13 bits per heavy atom. The van der Waals surface area contributed by atoms with Crippen molar-refractivity contribution in [2.75, 3.05) is 24.6 Å². The fourth-order valence-electron chi connectivity index (χ4n) is 1.64. The monoisotopic (exact) mass is 229 g/mol. The Labute approximate surface area is 90.3 Å². The average molecular weight is 229 g/mol. The van der Waals surface area contributed by atoms with E-state index in [1.807, 2.05) is 4.90 Å². The summed E-state index contributed by atoms with van der Waals surface area (Å²) >= 11 is 1.08. The van der Waals surface area contributed by atoms with Crippen LogP contribution in [0.2, 0.25) is 0 Å². The highest BCUT2D eigenvalue weighted by atomic mass is 32.1. The zero-order valence-corrected chi connectivity index (χ0v) is 8.81. The normalized spacial score (nSPS) is 20.9. The molecule has 6 nitrogen and oxygen atoms in total. The van der Waals surface area contributed by atoms with E-state index in [2.05, 4.69) is 4.98 Å². The highest BCUT2D eigenvalue weighted by Crippen LogP contribution is 2.31. The van der Waals surface area contributed by atoms with E-state index >= 15 is 0 Å². The zero-order chi connectivity index (χ0) is 10.8. The average Bonchev–Trinajstić information content (AvgIpc) is 2.86. The van der Waals surface area contributed by atoms with Gasteiger partial charge in [0.05, 0.1) is 4.92 Å². The number of aliphatic hydroxyl groups excluding tert-OH is 1. The predicted molar refractivity (Wildman–Crippen MR) is 56.2 cm³/mol. The van der Waals surface area contributed by atoms with Crippen LogP contribution in [-0.2, 0) is 0 Å². The summed E-state index contributed by atoms with van der Waals surface area (Å²) in [5.74, 6) is 0.271. The number of rotatable bonds is 3. The largest absolute Gasteiger partial charge is 0.396 e. The van der Waals surface area contributed by atoms with Crippen molar-refractivity contribution in [2.24, 2.45) is 5.92 Å². The van der Waals surface area contributed by atoms with Crippen molar-refractivity contribution in [1.29, 1.82) is 0 Å². The first-order valence-electron chi connectivity index (χ1n) is 4.66. The Morgan fingerprint density at radius 1 is 1.80 bits per heavy atom. The number of aromatic nitrogens is 1. The molecule has 1 aromatic heterocycles. The summed E-state index contributed by atoms with van der Waals surface area (Å²) in [6.45, 7) is 1.72. The maximum atomic E-state index is 10.5. The maximum absolute atomic E-state index is 10.5. The molecule has 1 aliphatic rings. The Bertz CT molecular complexity index is 368. The van der Waals surface area contributed by atoms with Gasteiger partial charge in [-0.15, -0.1) is 0 Å². The van der Waals surface area contributed by atoms with Gasteiger partial charge in [0, 0.05) is 25.6 Å². The van der Waals surface area contributed by atoms with Crippen LogP contribution in [0.4, 0.5) is 10.1 Å². The minimum absolute atomic E-state index is 0.0671. The summed E-state index contributed by atoms with van der Waals surface area (Å²) in [7, 11) is 0. The van der Waals surface area contributed by atoms with Gasteiger partial charge in [0.25, 0.3) is 0 Å². The van der Waals surface area contributed by atoms with E-state index in [0.717, 1.165) is 30.8 Å². The Balaban J connectivity index is 2.07. The molecule has 1 N–H and O–H groups in total. The van der Waals surface area contributed by atoms with E-state index in [-0.39, 0.29) is 17.5 Å². The van der Waals surface area contributed by atoms with Crippen LogP contribution in [0.5, 0.6) is 0 Å². The molecule has 0 bridgehead atoms. The lowest BCUT2D eigenvalue weighted by atomic mass is 10.1. The molecule has 1 unspecified atom stereocenters. The van der Waals surface area contributed by atoms with Crippen LogP contribution in [0.1, 0.15) is 6.42 Å². The molecule has 1 aromatic rings. The van der Waals surface area contributed by atoms with Crippen LogP contribution in [0.15, 0.2) is 6.20 Å². The summed E-state index contributed by atoms with van der Waals surface area (Å²) in [5.41, 5.74) is 0. The van der Waals surface area contributed by atoms with E-state index in [1.54, 1.807) is 0 Å². The summed E-state index contributed by atoms with van der Waals surface area (Å²) in [4.78, 5) is 16.0. The zero-order valence-electron chi connectivity index (χ0n) is 8.00. The summed E-state index contributed by atoms with van der Waals surface area (Å²) in [6.07, 6.45) is 2.20. The van der Waals surface area contributed by atoms with E-state index < -0.39 is 4.92 Å². The lowest BCUT2D eigenvalue weighted by Crippen LogP contribution is -2.20. The quantitative estimate of drug-likeness (QED) is 0.614. The summed E-state index contributed by atoms with van der Waals surface area (Å²) < 4.78 is 0. The van der Waals surface area contributed by atoms with E-state index in [9.17, 15) is 10.1 Å². The van der Waals surface area contributed by atoms with Gasteiger partial charge in [0.1, 0.15) is 6.20 Å². The molecule has 0 spiro atoms. The van der Waals surface area contributed by atoms with Crippen molar-refractivity contribution in [3.05, 3.63) is 16.3 Å². The number of nitro groups is 1. The summed E-state index contributed by atoms with van der Waals surface area (Å²) in [5, 5.41) is 20.2. The topological polar surface area (TPSA) is 79.5 Å². The van der Waals surface area contributed by atoms with Gasteiger partial charge in [-0.05, 0) is 17.8 Å². The minimum Gasteiger partial charge on any atom is -0.396 e. The third-order valence-electron chi connectivity index (χ3n) is 2.48. The van der Waals surface area contributed by atoms with E-state index in [0.29, 0.717) is 5.13 Å². The molecule has 2 heterocycles. The number of thiazole rings is 1. The Kier molecular flexibility index (Phi) is 2.83. The predicted octanol–water partition coefficient (Wildman–Crippen LogP) is 0.870. The van der Waals surface area contributed by atoms with Crippen molar-refractivity contribution in [1.82, 2.24) is 4.98 Å². The van der Waals surface area contributed by atoms with Crippen molar-refractivity contribution in [3.63, 3.8) is 0 Å². The van der Waals surface area contributed by atoms with Gasteiger partial charge in [-0.3, -0.25) is 10.1 Å². The lowest BCUT2D eigenvalue weighted by molar-refractivity contribution is -0.380. The maximum Gasteiger partial charge on any atom is 0.345 e. The fourth-order valence-corrected chi connectivity index (χ4v) is 2.41. The molecule has 1 fully saturated rings. The third kappa shape index (κ3) is 2.07. The molecule has 82 valence electrons. The molecule has 0 aromatic carbocycles. The second-order valence-corrected chi connectivity index (χ2v) is 4.51. The van der Waals surface area contributed by atoms with Crippen molar-refractivity contribution in [2.45, 2.75) is 6.42 Å². The third-order valence-corrected chi connectivity index (χ3v) is 3.49. The van der Waals surface area contributed by atoms with Crippen molar-refractivity contribution < 1.29 is 10.0 Å². The van der Waals surface area contributed by atoms with Gasteiger partial charge in [-0.2, -0.15) is 0 Å². The van der Waals surface area contributed by atoms with E-state index in [4.69, 9.17) is 5.11 Å². The fraction of sp³-hybridized carbons (Fsp3) is 0.625. The lowest BCUT2D eigenvalue weighted by Gasteiger charge is -2.13. The van der Waals surface area contributed by atoms with E-state index in [1.165, 1.54) is 6.20 Å². The Hall–Kier alpha value is -1.21. The van der Waals surface area contributed by atoms with Crippen LogP contribution in [-0.4, -0.2) is 34.7 Å². The smallest absolute Gasteiger partial charge is 0.345 e. The second-order valence-electron chi connectivity index (χ2n) is 3.52. The molecular weight excluding hydrogens is 218 g/mol. The van der Waals surface area contributed by atoms with Gasteiger partial charge >= 0.3 is 5.00 Å². The standard InChI is InChI=1S/C8H11N3O3S/c12-5-6-1-2-10(4-6)8-9-3-7(15-8)11(13)14/h3,6,12H,1-2,4-5H2. The molecule has 0 radical (unpaired) electrons. The molecule has 1 atom stereocenters. The highest BCUT2D eigenvalue weighted by Gasteiger charge is 2.25. The highest BCUT2D eigenvalue weighted by molar-refractivity contribution is 7.18. The first kappa shape index (κ1) is 10.3. The number of aliphatic hydroxyl groups is 1. The van der Waals surface area contributed by atoms with Crippen LogP contribution in [0.25, 0.3) is 0 Å².